The predicted molar refractivity (Wildman–Crippen MR) is 131 cm³/mol. The molecule has 4 rings (SSSR count). The zero-order valence-electron chi connectivity index (χ0n) is 18.9. The number of rotatable bonds is 6. The fourth-order valence-corrected chi connectivity index (χ4v) is 4.67. The summed E-state index contributed by atoms with van der Waals surface area (Å²) in [5, 5.41) is 7.11. The topological polar surface area (TPSA) is 62.2 Å². The van der Waals surface area contributed by atoms with Gasteiger partial charge in [-0.25, -0.2) is 0 Å². The van der Waals surface area contributed by atoms with Gasteiger partial charge in [0.25, 0.3) is 0 Å². The van der Waals surface area contributed by atoms with E-state index in [1.54, 1.807) is 6.20 Å². The third-order valence-electron chi connectivity index (χ3n) is 6.21. The van der Waals surface area contributed by atoms with Crippen LogP contribution in [0.2, 0.25) is 0 Å². The number of benzene rings is 1. The van der Waals surface area contributed by atoms with Gasteiger partial charge >= 0.3 is 0 Å². The van der Waals surface area contributed by atoms with Gasteiger partial charge in [0.05, 0.1) is 17.8 Å². The van der Waals surface area contributed by atoms with Crippen LogP contribution in [0.1, 0.15) is 46.7 Å². The van der Waals surface area contributed by atoms with Crippen molar-refractivity contribution in [2.24, 2.45) is 7.05 Å². The Morgan fingerprint density at radius 1 is 1.16 bits per heavy atom. The van der Waals surface area contributed by atoms with Crippen LogP contribution in [0, 0.1) is 20.8 Å². The zero-order valence-corrected chi connectivity index (χ0v) is 19.7. The number of anilines is 1. The molecule has 2 N–H and O–H groups in total. The molecule has 0 unspecified atom stereocenters. The molecule has 0 bridgehead atoms. The van der Waals surface area contributed by atoms with Crippen molar-refractivity contribution in [3.05, 3.63) is 82.9 Å². The number of hydrogen-bond donors (Lipinski definition) is 2. The normalized spacial score (nSPS) is 18.0. The van der Waals surface area contributed by atoms with Gasteiger partial charge in [-0.3, -0.25) is 9.78 Å². The second-order valence-electron chi connectivity index (χ2n) is 8.37. The molecule has 6 nitrogen and oxygen atoms in total. The molecule has 1 amide bonds. The number of amides is 1. The molecular weight excluding hydrogens is 418 g/mol. The molecule has 3 aromatic rings. The van der Waals surface area contributed by atoms with Crippen molar-refractivity contribution in [2.45, 2.75) is 39.3 Å². The summed E-state index contributed by atoms with van der Waals surface area (Å²) in [4.78, 5) is 19.4. The van der Waals surface area contributed by atoms with Gasteiger partial charge in [-0.1, -0.05) is 18.2 Å². The van der Waals surface area contributed by atoms with E-state index in [0.717, 1.165) is 16.9 Å². The SMILES string of the molecule is Cc1cccc(NC(=O)CCN2C(=S)N[C@H](c3ccccn3)[C@@H]2c2cc(C)n(C)c2C)c1. The van der Waals surface area contributed by atoms with Crippen molar-refractivity contribution < 1.29 is 4.79 Å². The van der Waals surface area contributed by atoms with Gasteiger partial charge in [0.2, 0.25) is 5.91 Å². The minimum atomic E-state index is -0.0796. The van der Waals surface area contributed by atoms with E-state index in [1.165, 1.54) is 17.0 Å². The second-order valence-corrected chi connectivity index (χ2v) is 8.76. The van der Waals surface area contributed by atoms with Crippen molar-refractivity contribution in [1.82, 2.24) is 19.8 Å². The maximum atomic E-state index is 12.7. The standard InChI is InChI=1S/C25H29N5OS/c1-16-8-7-9-19(14-16)27-22(31)11-13-30-24(20-15-17(2)29(4)18(20)3)23(28-25(30)32)21-10-5-6-12-26-21/h5-10,12,14-15,23-24H,11,13H2,1-4H3,(H,27,31)(H,28,32)/t23-,24+/m1/s1. The van der Waals surface area contributed by atoms with Gasteiger partial charge in [-0.05, 0) is 74.4 Å². The van der Waals surface area contributed by atoms with Crippen LogP contribution in [-0.2, 0) is 11.8 Å². The molecule has 1 aromatic carbocycles. The van der Waals surface area contributed by atoms with E-state index in [-0.39, 0.29) is 18.0 Å². The molecule has 3 heterocycles. The molecule has 1 saturated heterocycles. The average Bonchev–Trinajstić information content (AvgIpc) is 3.23. The summed E-state index contributed by atoms with van der Waals surface area (Å²) in [6, 6.07) is 15.8. The first kappa shape index (κ1) is 22.0. The van der Waals surface area contributed by atoms with Crippen LogP contribution in [0.3, 0.4) is 0 Å². The third-order valence-corrected chi connectivity index (χ3v) is 6.56. The van der Waals surface area contributed by atoms with Crippen LogP contribution in [0.15, 0.2) is 54.7 Å². The zero-order chi connectivity index (χ0) is 22.8. The lowest BCUT2D eigenvalue weighted by Crippen LogP contribution is -2.32. The first-order valence-corrected chi connectivity index (χ1v) is 11.2. The molecular formula is C25H29N5OS. The van der Waals surface area contributed by atoms with Gasteiger partial charge in [-0.15, -0.1) is 0 Å². The Bertz CT molecular complexity index is 1140. The molecule has 2 aromatic heterocycles. The van der Waals surface area contributed by atoms with Crippen LogP contribution in [-0.4, -0.2) is 32.0 Å². The van der Waals surface area contributed by atoms with Crippen LogP contribution >= 0.6 is 12.2 Å². The Hall–Kier alpha value is -3.19. The van der Waals surface area contributed by atoms with Crippen molar-refractivity contribution in [1.29, 1.82) is 0 Å². The second kappa shape index (κ2) is 9.12. The number of aryl methyl sites for hydroxylation is 2. The van der Waals surface area contributed by atoms with E-state index >= 15 is 0 Å². The van der Waals surface area contributed by atoms with Gasteiger partial charge < -0.3 is 20.1 Å². The first-order chi connectivity index (χ1) is 15.3. The van der Waals surface area contributed by atoms with Crippen LogP contribution in [0.5, 0.6) is 0 Å². The van der Waals surface area contributed by atoms with Crippen molar-refractivity contribution in [2.75, 3.05) is 11.9 Å². The highest BCUT2D eigenvalue weighted by molar-refractivity contribution is 7.80. The van der Waals surface area contributed by atoms with Crippen LogP contribution < -0.4 is 10.6 Å². The monoisotopic (exact) mass is 447 g/mol. The minimum absolute atomic E-state index is 0.0283. The predicted octanol–water partition coefficient (Wildman–Crippen LogP) is 4.35. The molecule has 0 aliphatic carbocycles. The highest BCUT2D eigenvalue weighted by Crippen LogP contribution is 2.40. The molecule has 0 radical (unpaired) electrons. The van der Waals surface area contributed by atoms with E-state index in [0.29, 0.717) is 18.1 Å². The van der Waals surface area contributed by atoms with Gasteiger partial charge in [0.1, 0.15) is 0 Å². The minimum Gasteiger partial charge on any atom is -0.352 e. The molecule has 1 aliphatic heterocycles. The number of carbonyl (C=O) groups excluding carboxylic acids is 1. The van der Waals surface area contributed by atoms with E-state index in [2.05, 4.69) is 52.0 Å². The van der Waals surface area contributed by atoms with Crippen molar-refractivity contribution in [3.8, 4) is 0 Å². The smallest absolute Gasteiger partial charge is 0.226 e. The molecule has 0 saturated carbocycles. The average molecular weight is 448 g/mol. The molecule has 32 heavy (non-hydrogen) atoms. The van der Waals surface area contributed by atoms with E-state index < -0.39 is 0 Å². The molecule has 1 fully saturated rings. The summed E-state index contributed by atoms with van der Waals surface area (Å²) in [6.45, 7) is 6.76. The Kier molecular flexibility index (Phi) is 6.28. The number of hydrogen-bond acceptors (Lipinski definition) is 3. The third kappa shape index (κ3) is 4.39. The highest BCUT2D eigenvalue weighted by atomic mass is 32.1. The number of nitrogens with one attached hydrogen (secondary N) is 2. The summed E-state index contributed by atoms with van der Waals surface area (Å²) in [6.07, 6.45) is 2.14. The molecule has 2 atom stereocenters. The summed E-state index contributed by atoms with van der Waals surface area (Å²) < 4.78 is 2.19. The number of nitrogens with zero attached hydrogens (tertiary/aromatic N) is 3. The number of carbonyl (C=O) groups is 1. The Morgan fingerprint density at radius 2 is 1.97 bits per heavy atom. The molecule has 0 spiro atoms. The first-order valence-electron chi connectivity index (χ1n) is 10.8. The number of aromatic nitrogens is 2. The molecule has 1 aliphatic rings. The maximum Gasteiger partial charge on any atom is 0.226 e. The summed E-state index contributed by atoms with van der Waals surface area (Å²) in [7, 11) is 2.07. The number of pyridine rings is 1. The number of thiocarbonyl (C=S) groups is 1. The van der Waals surface area contributed by atoms with Crippen molar-refractivity contribution in [3.63, 3.8) is 0 Å². The maximum absolute atomic E-state index is 12.7. The van der Waals surface area contributed by atoms with Gasteiger partial charge in [0.15, 0.2) is 5.11 Å². The fraction of sp³-hybridized carbons (Fsp3) is 0.320. The lowest BCUT2D eigenvalue weighted by Gasteiger charge is -2.28. The van der Waals surface area contributed by atoms with Crippen LogP contribution in [0.4, 0.5) is 5.69 Å². The summed E-state index contributed by atoms with van der Waals surface area (Å²) in [5.41, 5.74) is 6.44. The lowest BCUT2D eigenvalue weighted by molar-refractivity contribution is -0.116. The Morgan fingerprint density at radius 3 is 2.62 bits per heavy atom. The quantitative estimate of drug-likeness (QED) is 0.550. The summed E-state index contributed by atoms with van der Waals surface area (Å²) >= 11 is 5.72. The lowest BCUT2D eigenvalue weighted by atomic mass is 9.96. The fourth-order valence-electron chi connectivity index (χ4n) is 4.34. The molecule has 166 valence electrons. The van der Waals surface area contributed by atoms with E-state index in [1.807, 2.05) is 49.4 Å². The molecule has 7 heteroatoms. The largest absolute Gasteiger partial charge is 0.352 e. The Balaban J connectivity index is 1.58. The van der Waals surface area contributed by atoms with Crippen LogP contribution in [0.25, 0.3) is 0 Å². The highest BCUT2D eigenvalue weighted by Gasteiger charge is 2.41. The van der Waals surface area contributed by atoms with E-state index in [4.69, 9.17) is 12.2 Å². The van der Waals surface area contributed by atoms with Gasteiger partial charge in [0, 0.05) is 43.3 Å². The Labute approximate surface area is 194 Å². The van der Waals surface area contributed by atoms with E-state index in [9.17, 15) is 4.79 Å². The summed E-state index contributed by atoms with van der Waals surface area (Å²) in [5.74, 6) is -0.0283. The van der Waals surface area contributed by atoms with Crippen molar-refractivity contribution >= 4 is 28.9 Å². The van der Waals surface area contributed by atoms with Gasteiger partial charge in [-0.2, -0.15) is 0 Å².